The summed E-state index contributed by atoms with van der Waals surface area (Å²) in [5, 5.41) is 0. The van der Waals surface area contributed by atoms with Crippen LogP contribution in [0.25, 0.3) is 0 Å². The average molecular weight is 266 g/mol. The first-order valence-corrected chi connectivity index (χ1v) is 8.14. The van der Waals surface area contributed by atoms with Gasteiger partial charge in [-0.05, 0) is 49.0 Å². The molecule has 2 aliphatic rings. The Hall–Kier alpha value is -0.0800. The summed E-state index contributed by atoms with van der Waals surface area (Å²) in [4.78, 5) is 2.75. The minimum atomic E-state index is 0.293. The van der Waals surface area contributed by atoms with Crippen LogP contribution in [0.5, 0.6) is 0 Å². The van der Waals surface area contributed by atoms with E-state index in [4.69, 9.17) is 5.73 Å². The Kier molecular flexibility index (Phi) is 4.06. The van der Waals surface area contributed by atoms with Gasteiger partial charge >= 0.3 is 0 Å². The van der Waals surface area contributed by atoms with Crippen molar-refractivity contribution in [3.63, 3.8) is 0 Å². The van der Waals surface area contributed by atoms with E-state index in [1.54, 1.807) is 0 Å². The molecule has 1 saturated carbocycles. The van der Waals surface area contributed by atoms with Crippen molar-refractivity contribution in [1.82, 2.24) is 4.90 Å². The van der Waals surface area contributed by atoms with E-state index >= 15 is 0 Å². The van der Waals surface area contributed by atoms with Crippen molar-refractivity contribution in [3.05, 3.63) is 0 Å². The predicted molar refractivity (Wildman–Crippen MR) is 83.2 cm³/mol. The van der Waals surface area contributed by atoms with E-state index in [1.165, 1.54) is 45.2 Å². The Balaban J connectivity index is 2.11. The lowest BCUT2D eigenvalue weighted by Gasteiger charge is -2.50. The third kappa shape index (κ3) is 3.16. The minimum Gasteiger partial charge on any atom is -0.329 e. The maximum atomic E-state index is 6.25. The Bertz CT molecular complexity index is 316. The van der Waals surface area contributed by atoms with Crippen molar-refractivity contribution in [3.8, 4) is 0 Å². The fourth-order valence-corrected chi connectivity index (χ4v) is 4.43. The van der Waals surface area contributed by atoms with Crippen LogP contribution in [0, 0.1) is 16.7 Å². The third-order valence-corrected chi connectivity index (χ3v) is 5.77. The van der Waals surface area contributed by atoms with Crippen LogP contribution in [0.3, 0.4) is 0 Å². The zero-order valence-corrected chi connectivity index (χ0v) is 13.8. The highest BCUT2D eigenvalue weighted by molar-refractivity contribution is 5.02. The molecular weight excluding hydrogens is 232 g/mol. The van der Waals surface area contributed by atoms with Gasteiger partial charge < -0.3 is 5.73 Å². The molecule has 0 aromatic carbocycles. The van der Waals surface area contributed by atoms with Crippen molar-refractivity contribution in [2.24, 2.45) is 22.5 Å². The van der Waals surface area contributed by atoms with Crippen LogP contribution in [-0.2, 0) is 0 Å². The molecule has 0 bridgehead atoms. The molecule has 112 valence electrons. The molecule has 0 radical (unpaired) electrons. The van der Waals surface area contributed by atoms with Gasteiger partial charge in [-0.25, -0.2) is 0 Å². The summed E-state index contributed by atoms with van der Waals surface area (Å²) in [5.74, 6) is 0.834. The molecule has 2 heteroatoms. The zero-order valence-electron chi connectivity index (χ0n) is 13.8. The van der Waals surface area contributed by atoms with Gasteiger partial charge in [0.25, 0.3) is 0 Å². The smallest absolute Gasteiger partial charge is 0.0336 e. The van der Waals surface area contributed by atoms with Crippen LogP contribution in [0.15, 0.2) is 0 Å². The Morgan fingerprint density at radius 2 is 1.89 bits per heavy atom. The first-order valence-electron chi connectivity index (χ1n) is 8.14. The van der Waals surface area contributed by atoms with Crippen LogP contribution in [0.1, 0.15) is 66.7 Å². The van der Waals surface area contributed by atoms with Crippen molar-refractivity contribution in [2.75, 3.05) is 19.6 Å². The molecule has 1 aliphatic heterocycles. The van der Waals surface area contributed by atoms with Gasteiger partial charge in [0.2, 0.25) is 0 Å². The number of hydrogen-bond donors (Lipinski definition) is 1. The molecule has 1 saturated heterocycles. The van der Waals surface area contributed by atoms with Gasteiger partial charge in [0.05, 0.1) is 0 Å². The van der Waals surface area contributed by atoms with Gasteiger partial charge in [0.15, 0.2) is 0 Å². The maximum Gasteiger partial charge on any atom is 0.0336 e. The lowest BCUT2D eigenvalue weighted by Crippen LogP contribution is -2.57. The van der Waals surface area contributed by atoms with E-state index in [0.717, 1.165) is 12.5 Å². The maximum absolute atomic E-state index is 6.25. The Morgan fingerprint density at radius 1 is 1.21 bits per heavy atom. The molecule has 0 amide bonds. The van der Waals surface area contributed by atoms with E-state index in [1.807, 2.05) is 0 Å². The van der Waals surface area contributed by atoms with Crippen molar-refractivity contribution >= 4 is 0 Å². The average Bonchev–Trinajstić information content (AvgIpc) is 2.76. The molecule has 1 heterocycles. The standard InChI is InChI=1S/C17H34N2/c1-15(2,3)14-7-10-19(11-14)17(13-18)9-6-8-16(4,5)12-17/h14H,6-13,18H2,1-5H3. The molecule has 2 unspecified atom stereocenters. The molecule has 2 rings (SSSR count). The summed E-state index contributed by atoms with van der Waals surface area (Å²) in [7, 11) is 0. The van der Waals surface area contributed by atoms with E-state index < -0.39 is 0 Å². The predicted octanol–water partition coefficient (Wildman–Crippen LogP) is 3.65. The van der Waals surface area contributed by atoms with Crippen LogP contribution in [0.4, 0.5) is 0 Å². The van der Waals surface area contributed by atoms with Gasteiger partial charge in [-0.3, -0.25) is 4.90 Å². The Morgan fingerprint density at radius 3 is 2.37 bits per heavy atom. The topological polar surface area (TPSA) is 29.3 Å². The molecular formula is C17H34N2. The first kappa shape index (κ1) is 15.3. The minimum absolute atomic E-state index is 0.293. The Labute approximate surface area is 120 Å². The molecule has 0 spiro atoms. The molecule has 1 aliphatic carbocycles. The summed E-state index contributed by atoms with van der Waals surface area (Å²) in [6.07, 6.45) is 6.66. The second-order valence-corrected chi connectivity index (χ2v) is 8.92. The number of nitrogens with two attached hydrogens (primary N) is 1. The molecule has 0 aromatic rings. The van der Waals surface area contributed by atoms with Crippen LogP contribution >= 0.6 is 0 Å². The van der Waals surface area contributed by atoms with Gasteiger partial charge in [-0.1, -0.05) is 41.0 Å². The fraction of sp³-hybridized carbons (Fsp3) is 1.00. The summed E-state index contributed by atoms with van der Waals surface area (Å²) in [5.41, 5.74) is 7.45. The molecule has 0 aromatic heterocycles. The number of nitrogens with zero attached hydrogens (tertiary/aromatic N) is 1. The lowest BCUT2D eigenvalue weighted by molar-refractivity contribution is 0.0197. The number of rotatable bonds is 2. The lowest BCUT2D eigenvalue weighted by atomic mass is 9.67. The summed E-state index contributed by atoms with van der Waals surface area (Å²) < 4.78 is 0. The van der Waals surface area contributed by atoms with Gasteiger partial charge in [-0.2, -0.15) is 0 Å². The summed E-state index contributed by atoms with van der Waals surface area (Å²) in [6.45, 7) is 15.4. The van der Waals surface area contributed by atoms with Crippen LogP contribution < -0.4 is 5.73 Å². The third-order valence-electron chi connectivity index (χ3n) is 5.77. The molecule has 19 heavy (non-hydrogen) atoms. The van der Waals surface area contributed by atoms with E-state index in [0.29, 0.717) is 16.4 Å². The summed E-state index contributed by atoms with van der Waals surface area (Å²) >= 11 is 0. The summed E-state index contributed by atoms with van der Waals surface area (Å²) in [6, 6.07) is 0. The van der Waals surface area contributed by atoms with E-state index in [-0.39, 0.29) is 0 Å². The molecule has 2 fully saturated rings. The monoisotopic (exact) mass is 266 g/mol. The van der Waals surface area contributed by atoms with E-state index in [2.05, 4.69) is 39.5 Å². The van der Waals surface area contributed by atoms with Crippen LogP contribution in [-0.4, -0.2) is 30.1 Å². The van der Waals surface area contributed by atoms with Crippen molar-refractivity contribution < 1.29 is 0 Å². The van der Waals surface area contributed by atoms with Crippen LogP contribution in [0.2, 0.25) is 0 Å². The van der Waals surface area contributed by atoms with Gasteiger partial charge in [0.1, 0.15) is 0 Å². The fourth-order valence-electron chi connectivity index (χ4n) is 4.43. The molecule has 2 nitrogen and oxygen atoms in total. The highest BCUT2D eigenvalue weighted by Gasteiger charge is 2.46. The first-order chi connectivity index (χ1) is 8.69. The van der Waals surface area contributed by atoms with Gasteiger partial charge in [-0.15, -0.1) is 0 Å². The SMILES string of the molecule is CC1(C)CCCC(CN)(N2CCC(C(C)(C)C)C2)C1. The van der Waals surface area contributed by atoms with E-state index in [9.17, 15) is 0 Å². The zero-order chi connectivity index (χ0) is 14.3. The highest BCUT2D eigenvalue weighted by atomic mass is 15.2. The number of hydrogen-bond acceptors (Lipinski definition) is 2. The molecule has 2 N–H and O–H groups in total. The largest absolute Gasteiger partial charge is 0.329 e. The molecule has 2 atom stereocenters. The second-order valence-electron chi connectivity index (χ2n) is 8.92. The van der Waals surface area contributed by atoms with Crippen molar-refractivity contribution in [1.29, 1.82) is 0 Å². The second kappa shape index (κ2) is 5.04. The highest BCUT2D eigenvalue weighted by Crippen LogP contribution is 2.46. The number of likely N-dealkylation sites (tertiary alicyclic amines) is 1. The normalized spacial score (nSPS) is 36.6. The van der Waals surface area contributed by atoms with Gasteiger partial charge in [0, 0.05) is 18.6 Å². The quantitative estimate of drug-likeness (QED) is 0.826. The van der Waals surface area contributed by atoms with Crippen molar-refractivity contribution in [2.45, 2.75) is 72.3 Å².